The number of guanidine groups is 1. The van der Waals surface area contributed by atoms with E-state index in [1.807, 2.05) is 67.3 Å². The number of hydrazine groups is 1. The molecule has 34 nitrogen and oxygen atoms in total. The summed E-state index contributed by atoms with van der Waals surface area (Å²) in [7, 11) is 6.51. The van der Waals surface area contributed by atoms with Crippen molar-refractivity contribution in [2.45, 2.75) is 180 Å². The lowest BCUT2D eigenvalue weighted by molar-refractivity contribution is -0.204. The quantitative estimate of drug-likeness (QED) is 0.00340. The third-order valence-corrected chi connectivity index (χ3v) is 28.5. The number of rotatable bonds is 39. The van der Waals surface area contributed by atoms with Gasteiger partial charge < -0.3 is 96.6 Å². The molecule has 42 heteroatoms. The van der Waals surface area contributed by atoms with Crippen molar-refractivity contribution >= 4 is 97.7 Å². The highest BCUT2D eigenvalue weighted by Crippen LogP contribution is 2.68. The highest BCUT2D eigenvalue weighted by Gasteiger charge is 2.79. The molecule has 710 valence electrons. The number of methoxy groups -OCH3 is 2. The Kier molecular flexibility index (Phi) is 32.2. The molecule has 4 aromatic carbocycles. The van der Waals surface area contributed by atoms with E-state index in [1.54, 1.807) is 42.3 Å². The molecule has 7 heterocycles. The number of likely N-dealkylation sites (N-methyl/N-ethyl adjacent to an activating group) is 1. The number of nitrogens with one attached hydrogen (secondary N) is 7. The van der Waals surface area contributed by atoms with Gasteiger partial charge in [-0.2, -0.15) is 26.3 Å². The Balaban J connectivity index is 0.614. The van der Waals surface area contributed by atoms with Gasteiger partial charge in [0.1, 0.15) is 42.0 Å². The first kappa shape index (κ1) is 99.0. The maximum Gasteiger partial charge on any atom is 0.426 e. The molecule has 5 aromatic rings. The maximum atomic E-state index is 15.6. The van der Waals surface area contributed by atoms with Gasteiger partial charge in [-0.3, -0.25) is 58.7 Å². The number of carbonyl (C=O) groups is 9. The number of carbonyl (C=O) groups excluding carboxylic acids is 7. The third kappa shape index (κ3) is 21.5. The van der Waals surface area contributed by atoms with Crippen LogP contribution in [0.5, 0.6) is 5.75 Å². The molecule has 12 rings (SSSR count). The van der Waals surface area contributed by atoms with E-state index >= 15 is 9.59 Å². The predicted octanol–water partition coefficient (Wildman–Crippen LogP) is 5.45. The Hall–Kier alpha value is -10.0. The third-order valence-electron chi connectivity index (χ3n) is 26.1. The molecule has 6 amide bonds. The number of anilines is 1. The van der Waals surface area contributed by atoms with Gasteiger partial charge in [0.15, 0.2) is 11.6 Å². The lowest BCUT2D eigenvalue weighted by atomic mass is 9.47. The summed E-state index contributed by atoms with van der Waals surface area (Å²) in [5, 5.41) is 69.8. The number of aromatic amines is 1. The van der Waals surface area contributed by atoms with Crippen LogP contribution in [-0.2, 0) is 98.3 Å². The number of nitrogens with two attached hydrogens (primary N) is 2. The zero-order valence-corrected chi connectivity index (χ0v) is 74.4. The molecular formula is C88H114F6N14O20S2. The standard InChI is InChI=1S/C88H114F6N14O20S2/c1-6-82(121)44-52-45-85(79(119)124-5,71-57(22-30-106(46-52)50-82)56-18-11-12-19-60(56)100-71)59-41-58-64(43-66(59)123-4)105(3)76-84(58)25-31-107-29-15-24-83(7-2,75(84)107)77(117)86(76,122)78(118)103-104-81(120)127-36-37-129-130-49-63(74(115)116)102-73(114)62(42-69(111)112)101-72(113)61(20-13-26-98-80(95)96)99-67(109)23-32-125-34-35-126-33-27-97-68(110)47-108-28-14-21-65(70(108)53-16-9-8-10-17-53)128-48-51-38-54(87(89,90)91)40-55(39-51)88(92,93)94/h8-12,15-19,24,38-41,43,52,61-63,65,70,75-77,100,117,121-122H,6-7,13-14,20-23,25-37,42,44-50H2,1-5H3,(H,97,110)(H,99,109)(H,101,113)(H,102,114)(H,103,118)(H,104,120)(H,111,112)(H,115,116)(H4,95,96,98)/t52-,61?,62+,63-,65-,70-,75+,76-,77-,82+,83-,84-,85+,86+/m0/s1. The molecular weight excluding hydrogens is 1750 g/mol. The lowest BCUT2D eigenvalue weighted by Gasteiger charge is -2.63. The van der Waals surface area contributed by atoms with Crippen molar-refractivity contribution in [3.63, 3.8) is 0 Å². The number of hydrogen-bond acceptors (Lipinski definition) is 25. The van der Waals surface area contributed by atoms with Crippen LogP contribution in [0.25, 0.3) is 10.9 Å². The first-order chi connectivity index (χ1) is 61.9. The maximum absolute atomic E-state index is 15.6. The summed E-state index contributed by atoms with van der Waals surface area (Å²) < 4.78 is 117. The number of amides is 6. The molecule has 2 unspecified atom stereocenters. The van der Waals surface area contributed by atoms with Gasteiger partial charge in [0.05, 0.1) is 95.1 Å². The Morgan fingerprint density at radius 3 is 2.16 bits per heavy atom. The van der Waals surface area contributed by atoms with E-state index < -0.39 is 166 Å². The topological polar surface area (TPSA) is 475 Å². The summed E-state index contributed by atoms with van der Waals surface area (Å²) in [5.41, 5.74) is 9.27. The summed E-state index contributed by atoms with van der Waals surface area (Å²) >= 11 is 0. The highest BCUT2D eigenvalue weighted by molar-refractivity contribution is 8.76. The fraction of sp³-hybridized carbons (Fsp3) is 0.568. The number of carboxylic acid groups (broad SMARTS) is 2. The van der Waals surface area contributed by atoms with Crippen LogP contribution < -0.4 is 53.2 Å². The summed E-state index contributed by atoms with van der Waals surface area (Å²) in [4.78, 5) is 139. The van der Waals surface area contributed by atoms with Gasteiger partial charge in [-0.15, -0.1) is 0 Å². The van der Waals surface area contributed by atoms with Gasteiger partial charge in [0.2, 0.25) is 23.6 Å². The van der Waals surface area contributed by atoms with E-state index in [0.29, 0.717) is 124 Å². The summed E-state index contributed by atoms with van der Waals surface area (Å²) in [6, 6.07) is 14.4. The fourth-order valence-electron chi connectivity index (χ4n) is 20.5. The van der Waals surface area contributed by atoms with Gasteiger partial charge in [0, 0.05) is 115 Å². The highest BCUT2D eigenvalue weighted by atomic mass is 33.1. The minimum Gasteiger partial charge on any atom is -0.496 e. The Morgan fingerprint density at radius 2 is 1.48 bits per heavy atom. The summed E-state index contributed by atoms with van der Waals surface area (Å²) in [5.74, 6) is -8.75. The molecule has 130 heavy (non-hydrogen) atoms. The lowest BCUT2D eigenvalue weighted by Crippen LogP contribution is -2.82. The average molecular weight is 1870 g/mol. The second-order valence-corrected chi connectivity index (χ2v) is 36.8. The van der Waals surface area contributed by atoms with Crippen LogP contribution in [0, 0.1) is 11.3 Å². The van der Waals surface area contributed by atoms with Crippen molar-refractivity contribution in [3.05, 3.63) is 142 Å². The van der Waals surface area contributed by atoms with Crippen molar-refractivity contribution < 1.29 is 123 Å². The minimum absolute atomic E-state index is 0.00428. The molecule has 3 saturated heterocycles. The van der Waals surface area contributed by atoms with E-state index in [1.165, 1.54) is 14.2 Å². The van der Waals surface area contributed by atoms with Gasteiger partial charge in [-0.25, -0.2) is 15.0 Å². The number of likely N-dealkylation sites (tertiary alicyclic amines) is 1. The van der Waals surface area contributed by atoms with E-state index in [2.05, 4.69) is 51.9 Å². The number of aliphatic carboxylic acids is 2. The average Bonchev–Trinajstić information content (AvgIpc) is 1.47. The molecule has 1 saturated carbocycles. The number of hydrogen-bond donors (Lipinski definition) is 14. The van der Waals surface area contributed by atoms with E-state index in [4.69, 9.17) is 39.9 Å². The van der Waals surface area contributed by atoms with Crippen molar-refractivity contribution in [1.82, 2.24) is 51.8 Å². The monoisotopic (exact) mass is 1860 g/mol. The first-order valence-corrected chi connectivity index (χ1v) is 45.8. The molecule has 1 spiro atoms. The van der Waals surface area contributed by atoms with Crippen molar-refractivity contribution in [2.75, 3.05) is 130 Å². The number of aliphatic hydroxyl groups excluding tert-OH is 1. The van der Waals surface area contributed by atoms with E-state index in [9.17, 15) is 85.4 Å². The van der Waals surface area contributed by atoms with E-state index in [-0.39, 0.29) is 120 Å². The van der Waals surface area contributed by atoms with Crippen LogP contribution in [0.3, 0.4) is 0 Å². The number of carboxylic acids is 2. The number of aliphatic imine (C=N–C) groups is 1. The van der Waals surface area contributed by atoms with Crippen LogP contribution in [0.2, 0.25) is 0 Å². The number of aromatic nitrogens is 1. The molecule has 0 radical (unpaired) electrons. The molecule has 15 atom stereocenters. The number of alkyl halides is 6. The second-order valence-electron chi connectivity index (χ2n) is 34.1. The Labute approximate surface area is 754 Å². The second kappa shape index (κ2) is 42.3. The van der Waals surface area contributed by atoms with Crippen molar-refractivity contribution in [1.29, 1.82) is 0 Å². The summed E-state index contributed by atoms with van der Waals surface area (Å²) in [6.07, 6.45) is -8.27. The predicted molar refractivity (Wildman–Crippen MR) is 466 cm³/mol. The Bertz CT molecular complexity index is 4950. The molecule has 1 aliphatic carbocycles. The number of benzene rings is 4. The molecule has 1 aromatic heterocycles. The normalized spacial score (nSPS) is 25.9. The number of nitrogens with zero attached hydrogens (tertiary/aromatic N) is 5. The van der Waals surface area contributed by atoms with Crippen LogP contribution in [-0.4, -0.2) is 283 Å². The molecule has 16 N–H and O–H groups in total. The molecule has 2 bridgehead atoms. The van der Waals surface area contributed by atoms with Gasteiger partial charge in [-0.05, 0) is 136 Å². The van der Waals surface area contributed by atoms with Gasteiger partial charge >= 0.3 is 36.4 Å². The number of ether oxygens (including phenoxy) is 6. The first-order valence-electron chi connectivity index (χ1n) is 43.3. The zero-order chi connectivity index (χ0) is 93.8. The summed E-state index contributed by atoms with van der Waals surface area (Å²) in [6.45, 7) is 5.68. The van der Waals surface area contributed by atoms with Crippen LogP contribution in [0.15, 0.2) is 102 Å². The van der Waals surface area contributed by atoms with Gasteiger partial charge in [0.25, 0.3) is 5.91 Å². The number of H-pyrrole nitrogens is 1. The molecule has 7 aliphatic rings. The molecule has 4 fully saturated rings. The number of fused-ring (bicyclic) bond motifs is 6. The SMILES string of the molecule is CC[C@@]1(O)C[C@@H]2CN(CCc3c([nH]c4ccccc34)[C@](C(=O)OC)(c3cc4c(cc3OC)N(C)[C@@H]3[C@](O)(C(=O)NNC(=O)OCCSSC[C@H](NC(=O)[C@@H](CC(=O)O)NC(=O)C(CCCN=C(N)N)NC(=O)CCOCCOCCNC(=O)CN5CCC[C@H](OCc6cc(C(F)(F)F)cc(C(F)(F)F)c6)[C@@H]5c5ccccc5)C(=O)O)[C@@H](O)[C@@]5(CC)C=CCN6CC[C@@]43[C@H]65)C2)C1. The number of piperidine rings is 2. The minimum atomic E-state index is -5.05. The van der Waals surface area contributed by atoms with Crippen LogP contribution >= 0.6 is 21.6 Å². The van der Waals surface area contributed by atoms with Crippen molar-refractivity contribution in [3.8, 4) is 5.75 Å². The number of esters is 1. The van der Waals surface area contributed by atoms with Gasteiger partial charge in [-0.1, -0.05) is 96.1 Å². The number of para-hydroxylation sites is 1. The smallest absolute Gasteiger partial charge is 0.426 e. The number of aliphatic hydroxyl groups is 3. The number of halogens is 6. The van der Waals surface area contributed by atoms with Crippen molar-refractivity contribution in [2.24, 2.45) is 27.8 Å². The zero-order valence-electron chi connectivity index (χ0n) is 72.8. The van der Waals surface area contributed by atoms with Crippen LogP contribution in [0.4, 0.5) is 36.8 Å². The fourth-order valence-corrected chi connectivity index (χ4v) is 22.5. The molecule has 6 aliphatic heterocycles. The van der Waals surface area contributed by atoms with E-state index in [0.717, 1.165) is 38.1 Å². The largest absolute Gasteiger partial charge is 0.496 e. The Morgan fingerprint density at radius 1 is 0.769 bits per heavy atom. The van der Waals surface area contributed by atoms with Crippen LogP contribution in [0.1, 0.15) is 135 Å².